The highest BCUT2D eigenvalue weighted by Crippen LogP contribution is 2.06. The molecule has 0 aromatic carbocycles. The van der Waals surface area contributed by atoms with Crippen molar-refractivity contribution in [2.75, 3.05) is 32.7 Å². The summed E-state index contributed by atoms with van der Waals surface area (Å²) < 4.78 is 1.86. The Labute approximate surface area is 104 Å². The first-order chi connectivity index (χ1) is 8.34. The average Bonchev–Trinajstić information content (AvgIpc) is 2.95. The van der Waals surface area contributed by atoms with Gasteiger partial charge in [0, 0.05) is 26.2 Å². The molecule has 0 radical (unpaired) electrons. The predicted octanol–water partition coefficient (Wildman–Crippen LogP) is 1.04. The van der Waals surface area contributed by atoms with Gasteiger partial charge in [-0.25, -0.2) is 0 Å². The van der Waals surface area contributed by atoms with Crippen molar-refractivity contribution in [2.45, 2.75) is 25.7 Å². The van der Waals surface area contributed by atoms with E-state index in [-0.39, 0.29) is 0 Å². The summed E-state index contributed by atoms with van der Waals surface area (Å²) in [5.41, 5.74) is 1.18. The van der Waals surface area contributed by atoms with Gasteiger partial charge in [0.1, 0.15) is 0 Å². The van der Waals surface area contributed by atoms with Crippen molar-refractivity contribution in [3.8, 4) is 0 Å². The summed E-state index contributed by atoms with van der Waals surface area (Å²) in [7, 11) is 1.97. The number of aryl methyl sites for hydroxylation is 1. The summed E-state index contributed by atoms with van der Waals surface area (Å²) in [5.74, 6) is 0. The highest BCUT2D eigenvalue weighted by molar-refractivity contribution is 4.98. The van der Waals surface area contributed by atoms with Gasteiger partial charge in [-0.3, -0.25) is 4.68 Å². The standard InChI is InChI=1S/C13H24N4/c1-16-12-6-13(15-16)5-8-14-7-4-11-17-9-2-3-10-17/h6,12,14H,2-5,7-11H2,1H3. The van der Waals surface area contributed by atoms with E-state index in [1.807, 2.05) is 17.9 Å². The molecule has 0 saturated carbocycles. The molecule has 0 amide bonds. The van der Waals surface area contributed by atoms with E-state index >= 15 is 0 Å². The topological polar surface area (TPSA) is 33.1 Å². The van der Waals surface area contributed by atoms with Gasteiger partial charge in [0.25, 0.3) is 0 Å². The smallest absolute Gasteiger partial charge is 0.0637 e. The largest absolute Gasteiger partial charge is 0.316 e. The van der Waals surface area contributed by atoms with Crippen molar-refractivity contribution in [2.24, 2.45) is 7.05 Å². The minimum absolute atomic E-state index is 1.03. The van der Waals surface area contributed by atoms with Crippen molar-refractivity contribution in [1.82, 2.24) is 20.0 Å². The molecule has 1 aliphatic heterocycles. The van der Waals surface area contributed by atoms with Gasteiger partial charge in [-0.05, 0) is 51.5 Å². The van der Waals surface area contributed by atoms with E-state index < -0.39 is 0 Å². The van der Waals surface area contributed by atoms with Gasteiger partial charge >= 0.3 is 0 Å². The summed E-state index contributed by atoms with van der Waals surface area (Å²) in [6.45, 7) is 6.05. The summed E-state index contributed by atoms with van der Waals surface area (Å²) >= 11 is 0. The van der Waals surface area contributed by atoms with Gasteiger partial charge < -0.3 is 10.2 Å². The molecule has 0 spiro atoms. The zero-order valence-electron chi connectivity index (χ0n) is 10.9. The second-order valence-electron chi connectivity index (χ2n) is 4.88. The number of aromatic nitrogens is 2. The van der Waals surface area contributed by atoms with Gasteiger partial charge in [0.05, 0.1) is 5.69 Å². The number of likely N-dealkylation sites (tertiary alicyclic amines) is 1. The first-order valence-electron chi connectivity index (χ1n) is 6.76. The van der Waals surface area contributed by atoms with Crippen LogP contribution in [0.1, 0.15) is 25.0 Å². The van der Waals surface area contributed by atoms with E-state index in [0.717, 1.165) is 19.5 Å². The molecule has 4 nitrogen and oxygen atoms in total. The van der Waals surface area contributed by atoms with E-state index in [1.165, 1.54) is 44.6 Å². The molecular formula is C13H24N4. The maximum atomic E-state index is 4.36. The van der Waals surface area contributed by atoms with Crippen LogP contribution in [0.5, 0.6) is 0 Å². The molecule has 2 rings (SSSR count). The monoisotopic (exact) mass is 236 g/mol. The van der Waals surface area contributed by atoms with E-state index in [0.29, 0.717) is 0 Å². The van der Waals surface area contributed by atoms with E-state index in [9.17, 15) is 0 Å². The average molecular weight is 236 g/mol. The molecule has 1 saturated heterocycles. The van der Waals surface area contributed by atoms with Gasteiger partial charge in [-0.1, -0.05) is 0 Å². The molecule has 2 heterocycles. The van der Waals surface area contributed by atoms with E-state index in [2.05, 4.69) is 21.4 Å². The molecule has 0 bridgehead atoms. The lowest BCUT2D eigenvalue weighted by molar-refractivity contribution is 0.331. The second-order valence-corrected chi connectivity index (χ2v) is 4.88. The van der Waals surface area contributed by atoms with Crippen LogP contribution in [0.25, 0.3) is 0 Å². The molecule has 96 valence electrons. The summed E-state index contributed by atoms with van der Waals surface area (Å²) in [4.78, 5) is 2.57. The fraction of sp³-hybridized carbons (Fsp3) is 0.769. The normalized spacial score (nSPS) is 16.8. The Kier molecular flexibility index (Phi) is 5.01. The molecule has 0 unspecified atom stereocenters. The SMILES string of the molecule is Cn1ccc(CCNCCCN2CCCC2)n1. The number of rotatable bonds is 7. The molecule has 1 aliphatic rings. The third kappa shape index (κ3) is 4.48. The van der Waals surface area contributed by atoms with Crippen LogP contribution < -0.4 is 5.32 Å². The molecule has 0 atom stereocenters. The lowest BCUT2D eigenvalue weighted by Crippen LogP contribution is -2.25. The summed E-state index contributed by atoms with van der Waals surface area (Å²) in [5, 5.41) is 7.85. The molecule has 1 aromatic heterocycles. The minimum atomic E-state index is 1.03. The zero-order valence-corrected chi connectivity index (χ0v) is 10.9. The second kappa shape index (κ2) is 6.77. The maximum Gasteiger partial charge on any atom is 0.0637 e. The number of nitrogens with one attached hydrogen (secondary N) is 1. The van der Waals surface area contributed by atoms with Crippen molar-refractivity contribution in [1.29, 1.82) is 0 Å². The summed E-state index contributed by atoms with van der Waals surface area (Å²) in [6.07, 6.45) is 7.09. The third-order valence-corrected chi connectivity index (χ3v) is 3.35. The van der Waals surface area contributed by atoms with Crippen LogP contribution in [-0.2, 0) is 13.5 Å². The maximum absolute atomic E-state index is 4.36. The Morgan fingerprint density at radius 1 is 1.29 bits per heavy atom. The molecule has 17 heavy (non-hydrogen) atoms. The van der Waals surface area contributed by atoms with Crippen LogP contribution in [0.4, 0.5) is 0 Å². The first-order valence-corrected chi connectivity index (χ1v) is 6.76. The van der Waals surface area contributed by atoms with Crippen molar-refractivity contribution < 1.29 is 0 Å². The van der Waals surface area contributed by atoms with Crippen molar-refractivity contribution in [3.63, 3.8) is 0 Å². The molecular weight excluding hydrogens is 212 g/mol. The Bertz CT molecular complexity index is 315. The van der Waals surface area contributed by atoms with Crippen LogP contribution in [0, 0.1) is 0 Å². The quantitative estimate of drug-likeness (QED) is 0.718. The third-order valence-electron chi connectivity index (χ3n) is 3.35. The van der Waals surface area contributed by atoms with Gasteiger partial charge in [-0.15, -0.1) is 0 Å². The highest BCUT2D eigenvalue weighted by Gasteiger charge is 2.09. The fourth-order valence-corrected chi connectivity index (χ4v) is 2.37. The van der Waals surface area contributed by atoms with Crippen LogP contribution in [-0.4, -0.2) is 47.4 Å². The van der Waals surface area contributed by atoms with Crippen molar-refractivity contribution >= 4 is 0 Å². The minimum Gasteiger partial charge on any atom is -0.316 e. The zero-order chi connectivity index (χ0) is 11.9. The highest BCUT2D eigenvalue weighted by atomic mass is 15.2. The lowest BCUT2D eigenvalue weighted by atomic mass is 10.3. The number of nitrogens with zero attached hydrogens (tertiary/aromatic N) is 3. The summed E-state index contributed by atoms with van der Waals surface area (Å²) in [6, 6.07) is 2.09. The fourth-order valence-electron chi connectivity index (χ4n) is 2.37. The predicted molar refractivity (Wildman–Crippen MR) is 70.1 cm³/mol. The number of hydrogen-bond donors (Lipinski definition) is 1. The lowest BCUT2D eigenvalue weighted by Gasteiger charge is -2.14. The van der Waals surface area contributed by atoms with Gasteiger partial charge in [0.15, 0.2) is 0 Å². The van der Waals surface area contributed by atoms with Crippen molar-refractivity contribution in [3.05, 3.63) is 18.0 Å². The van der Waals surface area contributed by atoms with E-state index in [1.54, 1.807) is 0 Å². The van der Waals surface area contributed by atoms with Crippen LogP contribution >= 0.6 is 0 Å². The molecule has 1 aromatic rings. The first kappa shape index (κ1) is 12.6. The van der Waals surface area contributed by atoms with Crippen LogP contribution in [0.2, 0.25) is 0 Å². The Morgan fingerprint density at radius 2 is 2.12 bits per heavy atom. The molecule has 0 aliphatic carbocycles. The van der Waals surface area contributed by atoms with Crippen LogP contribution in [0.15, 0.2) is 12.3 Å². The molecule has 1 N–H and O–H groups in total. The van der Waals surface area contributed by atoms with Gasteiger partial charge in [0.2, 0.25) is 0 Å². The Hall–Kier alpha value is -0.870. The Morgan fingerprint density at radius 3 is 2.82 bits per heavy atom. The Balaban J connectivity index is 1.46. The van der Waals surface area contributed by atoms with Crippen LogP contribution in [0.3, 0.4) is 0 Å². The number of hydrogen-bond acceptors (Lipinski definition) is 3. The molecule has 1 fully saturated rings. The van der Waals surface area contributed by atoms with Gasteiger partial charge in [-0.2, -0.15) is 5.10 Å². The molecule has 4 heteroatoms. The van der Waals surface area contributed by atoms with E-state index in [4.69, 9.17) is 0 Å².